The molecule has 1 nitrogen and oxygen atoms in total. The predicted octanol–water partition coefficient (Wildman–Crippen LogP) is 4.01. The average Bonchev–Trinajstić information content (AvgIpc) is 2.46. The van der Waals surface area contributed by atoms with Crippen LogP contribution in [0.2, 0.25) is 0 Å². The number of rotatable bonds is 3. The lowest BCUT2D eigenvalue weighted by Gasteiger charge is -2.28. The van der Waals surface area contributed by atoms with Gasteiger partial charge in [-0.25, -0.2) is 0 Å². The number of benzene rings is 1. The molecule has 0 saturated heterocycles. The molecule has 0 saturated carbocycles. The first-order valence-electron chi connectivity index (χ1n) is 7.39. The SMILES string of the molecule is C1=CCC(CNC2CCCc3ccccc32)CC1. The fourth-order valence-corrected chi connectivity index (χ4v) is 3.32. The third-order valence-corrected chi connectivity index (χ3v) is 4.40. The lowest BCUT2D eigenvalue weighted by molar-refractivity contribution is 0.382. The van der Waals surface area contributed by atoms with Gasteiger partial charge in [0.1, 0.15) is 0 Å². The molecule has 2 atom stereocenters. The van der Waals surface area contributed by atoms with Crippen LogP contribution < -0.4 is 5.32 Å². The molecule has 2 unspecified atom stereocenters. The van der Waals surface area contributed by atoms with Gasteiger partial charge in [-0.15, -0.1) is 0 Å². The molecule has 1 aromatic rings. The smallest absolute Gasteiger partial charge is 0.0323 e. The Morgan fingerprint density at radius 1 is 1.11 bits per heavy atom. The monoisotopic (exact) mass is 241 g/mol. The molecular formula is C17H23N. The summed E-state index contributed by atoms with van der Waals surface area (Å²) in [6, 6.07) is 9.57. The van der Waals surface area contributed by atoms with Gasteiger partial charge in [-0.3, -0.25) is 0 Å². The number of hydrogen-bond donors (Lipinski definition) is 1. The van der Waals surface area contributed by atoms with E-state index in [1.807, 2.05) is 0 Å². The van der Waals surface area contributed by atoms with E-state index in [4.69, 9.17) is 0 Å². The Morgan fingerprint density at radius 2 is 2.06 bits per heavy atom. The Bertz CT molecular complexity index is 421. The van der Waals surface area contributed by atoms with Crippen molar-refractivity contribution in [3.63, 3.8) is 0 Å². The molecule has 96 valence electrons. The van der Waals surface area contributed by atoms with E-state index in [1.54, 1.807) is 11.1 Å². The van der Waals surface area contributed by atoms with Gasteiger partial charge in [-0.05, 0) is 62.1 Å². The Kier molecular flexibility index (Phi) is 3.80. The number of nitrogens with one attached hydrogen (secondary N) is 1. The zero-order valence-corrected chi connectivity index (χ0v) is 11.1. The van der Waals surface area contributed by atoms with E-state index in [2.05, 4.69) is 41.7 Å². The van der Waals surface area contributed by atoms with Gasteiger partial charge in [0, 0.05) is 6.04 Å². The first-order valence-corrected chi connectivity index (χ1v) is 7.39. The second kappa shape index (κ2) is 5.71. The molecule has 0 heterocycles. The second-order valence-corrected chi connectivity index (χ2v) is 5.70. The van der Waals surface area contributed by atoms with Crippen LogP contribution in [-0.2, 0) is 6.42 Å². The fourth-order valence-electron chi connectivity index (χ4n) is 3.32. The lowest BCUT2D eigenvalue weighted by Crippen LogP contribution is -2.30. The van der Waals surface area contributed by atoms with Gasteiger partial charge in [-0.2, -0.15) is 0 Å². The van der Waals surface area contributed by atoms with Crippen molar-refractivity contribution in [2.75, 3.05) is 6.54 Å². The van der Waals surface area contributed by atoms with Crippen LogP contribution >= 0.6 is 0 Å². The summed E-state index contributed by atoms with van der Waals surface area (Å²) in [6.45, 7) is 1.18. The third kappa shape index (κ3) is 2.67. The minimum absolute atomic E-state index is 0.598. The first-order chi connectivity index (χ1) is 8.93. The van der Waals surface area contributed by atoms with Crippen LogP contribution in [0.5, 0.6) is 0 Å². The minimum atomic E-state index is 0.598. The third-order valence-electron chi connectivity index (χ3n) is 4.40. The van der Waals surface area contributed by atoms with Crippen LogP contribution in [-0.4, -0.2) is 6.54 Å². The second-order valence-electron chi connectivity index (χ2n) is 5.70. The van der Waals surface area contributed by atoms with Crippen molar-refractivity contribution >= 4 is 0 Å². The number of hydrogen-bond acceptors (Lipinski definition) is 1. The minimum Gasteiger partial charge on any atom is -0.310 e. The van der Waals surface area contributed by atoms with E-state index in [-0.39, 0.29) is 0 Å². The molecule has 0 bridgehead atoms. The van der Waals surface area contributed by atoms with Crippen molar-refractivity contribution in [1.82, 2.24) is 5.32 Å². The molecule has 0 fully saturated rings. The zero-order valence-electron chi connectivity index (χ0n) is 11.1. The highest BCUT2D eigenvalue weighted by atomic mass is 14.9. The van der Waals surface area contributed by atoms with Gasteiger partial charge >= 0.3 is 0 Å². The highest BCUT2D eigenvalue weighted by Crippen LogP contribution is 2.30. The van der Waals surface area contributed by atoms with Crippen LogP contribution in [0.25, 0.3) is 0 Å². The highest BCUT2D eigenvalue weighted by molar-refractivity contribution is 5.32. The first kappa shape index (κ1) is 12.0. The lowest BCUT2D eigenvalue weighted by atomic mass is 9.87. The van der Waals surface area contributed by atoms with Crippen molar-refractivity contribution in [3.8, 4) is 0 Å². The van der Waals surface area contributed by atoms with Crippen LogP contribution in [0, 0.1) is 5.92 Å². The normalized spacial score (nSPS) is 26.9. The van der Waals surface area contributed by atoms with Crippen molar-refractivity contribution in [2.45, 2.75) is 44.6 Å². The quantitative estimate of drug-likeness (QED) is 0.788. The van der Waals surface area contributed by atoms with E-state index in [0.717, 1.165) is 5.92 Å². The number of fused-ring (bicyclic) bond motifs is 1. The van der Waals surface area contributed by atoms with E-state index in [1.165, 1.54) is 45.1 Å². The van der Waals surface area contributed by atoms with Gasteiger partial charge in [0.15, 0.2) is 0 Å². The van der Waals surface area contributed by atoms with Crippen LogP contribution in [0.15, 0.2) is 36.4 Å². The Hall–Kier alpha value is -1.08. The molecule has 0 spiro atoms. The predicted molar refractivity (Wildman–Crippen MR) is 76.6 cm³/mol. The zero-order chi connectivity index (χ0) is 12.2. The molecule has 0 amide bonds. The van der Waals surface area contributed by atoms with Gasteiger partial charge < -0.3 is 5.32 Å². The molecule has 18 heavy (non-hydrogen) atoms. The van der Waals surface area contributed by atoms with Crippen molar-refractivity contribution < 1.29 is 0 Å². The van der Waals surface area contributed by atoms with E-state index in [0.29, 0.717) is 6.04 Å². The highest BCUT2D eigenvalue weighted by Gasteiger charge is 2.20. The summed E-state index contributed by atoms with van der Waals surface area (Å²) in [6.07, 6.45) is 12.5. The van der Waals surface area contributed by atoms with Gasteiger partial charge in [-0.1, -0.05) is 36.4 Å². The average molecular weight is 241 g/mol. The van der Waals surface area contributed by atoms with Crippen molar-refractivity contribution in [2.24, 2.45) is 5.92 Å². The van der Waals surface area contributed by atoms with E-state index >= 15 is 0 Å². The van der Waals surface area contributed by atoms with Crippen LogP contribution in [0.4, 0.5) is 0 Å². The Labute approximate surface area is 110 Å². The van der Waals surface area contributed by atoms with Gasteiger partial charge in [0.05, 0.1) is 0 Å². The molecule has 0 radical (unpaired) electrons. The molecule has 2 aliphatic rings. The fraction of sp³-hybridized carbons (Fsp3) is 0.529. The molecule has 3 rings (SSSR count). The topological polar surface area (TPSA) is 12.0 Å². The maximum absolute atomic E-state index is 3.81. The summed E-state index contributed by atoms with van der Waals surface area (Å²) in [4.78, 5) is 0. The summed E-state index contributed by atoms with van der Waals surface area (Å²) in [7, 11) is 0. The molecular weight excluding hydrogens is 218 g/mol. The maximum atomic E-state index is 3.81. The molecule has 1 aromatic carbocycles. The summed E-state index contributed by atoms with van der Waals surface area (Å²) in [5, 5.41) is 3.81. The summed E-state index contributed by atoms with van der Waals surface area (Å²) >= 11 is 0. The van der Waals surface area contributed by atoms with E-state index in [9.17, 15) is 0 Å². The molecule has 1 N–H and O–H groups in total. The Morgan fingerprint density at radius 3 is 2.94 bits per heavy atom. The van der Waals surface area contributed by atoms with Crippen LogP contribution in [0.3, 0.4) is 0 Å². The maximum Gasteiger partial charge on any atom is 0.0323 e. The number of aryl methyl sites for hydroxylation is 1. The van der Waals surface area contributed by atoms with Crippen molar-refractivity contribution in [1.29, 1.82) is 0 Å². The number of allylic oxidation sites excluding steroid dienone is 2. The van der Waals surface area contributed by atoms with Crippen LogP contribution in [0.1, 0.15) is 49.3 Å². The van der Waals surface area contributed by atoms with Gasteiger partial charge in [0.2, 0.25) is 0 Å². The summed E-state index contributed by atoms with van der Waals surface area (Å²) in [5.41, 5.74) is 3.11. The molecule has 1 heteroatoms. The molecule has 0 aromatic heterocycles. The standard InChI is InChI=1S/C17H23N/c1-2-7-14(8-3-1)13-18-17-12-6-10-15-9-4-5-11-16(15)17/h1-2,4-5,9,11,14,17-18H,3,6-8,10,12-13H2. The largest absolute Gasteiger partial charge is 0.310 e. The van der Waals surface area contributed by atoms with Gasteiger partial charge in [0.25, 0.3) is 0 Å². The molecule has 2 aliphatic carbocycles. The van der Waals surface area contributed by atoms with Crippen molar-refractivity contribution in [3.05, 3.63) is 47.5 Å². The summed E-state index contributed by atoms with van der Waals surface area (Å²) in [5.74, 6) is 0.851. The summed E-state index contributed by atoms with van der Waals surface area (Å²) < 4.78 is 0. The molecule has 0 aliphatic heterocycles. The van der Waals surface area contributed by atoms with E-state index < -0.39 is 0 Å². The Balaban J connectivity index is 1.62.